The minimum atomic E-state index is -1.08. The van der Waals surface area contributed by atoms with E-state index < -0.39 is 12.2 Å². The quantitative estimate of drug-likeness (QED) is 0.846. The van der Waals surface area contributed by atoms with Crippen LogP contribution in [0.3, 0.4) is 0 Å². The molecule has 0 aliphatic rings. The van der Waals surface area contributed by atoms with Gasteiger partial charge in [-0.1, -0.05) is 24.3 Å². The van der Waals surface area contributed by atoms with E-state index >= 15 is 0 Å². The molecule has 0 aliphatic heterocycles. The summed E-state index contributed by atoms with van der Waals surface area (Å²) in [7, 11) is 3.17. The van der Waals surface area contributed by atoms with Crippen molar-refractivity contribution >= 4 is 6.09 Å². The fourth-order valence-electron chi connectivity index (χ4n) is 1.99. The van der Waals surface area contributed by atoms with Gasteiger partial charge in [-0.3, -0.25) is 0 Å². The van der Waals surface area contributed by atoms with Crippen molar-refractivity contribution in [2.75, 3.05) is 14.2 Å². The molecule has 0 aromatic heterocycles. The molecular formula is C16H16NO4. The van der Waals surface area contributed by atoms with Gasteiger partial charge in [0.15, 0.2) is 6.10 Å². The van der Waals surface area contributed by atoms with Gasteiger partial charge in [-0.25, -0.2) is 10.5 Å². The molecule has 0 heterocycles. The first-order chi connectivity index (χ1) is 10.1. The van der Waals surface area contributed by atoms with Crippen LogP contribution in [0.1, 0.15) is 17.2 Å². The maximum absolute atomic E-state index is 11.0. The highest BCUT2D eigenvalue weighted by atomic mass is 16.6. The van der Waals surface area contributed by atoms with Gasteiger partial charge in [-0.05, 0) is 35.4 Å². The van der Waals surface area contributed by atoms with Crippen molar-refractivity contribution in [2.24, 2.45) is 0 Å². The smallest absolute Gasteiger partial charge is 0.427 e. The average molecular weight is 286 g/mol. The third-order valence-corrected chi connectivity index (χ3v) is 3.06. The highest BCUT2D eigenvalue weighted by Crippen LogP contribution is 2.28. The van der Waals surface area contributed by atoms with Crippen molar-refractivity contribution in [3.63, 3.8) is 0 Å². The average Bonchev–Trinajstić information content (AvgIpc) is 2.53. The van der Waals surface area contributed by atoms with Gasteiger partial charge in [0.2, 0.25) is 0 Å². The number of amides is 1. The van der Waals surface area contributed by atoms with Crippen molar-refractivity contribution in [3.8, 4) is 11.5 Å². The van der Waals surface area contributed by atoms with Crippen LogP contribution in [0.4, 0.5) is 4.79 Å². The lowest BCUT2D eigenvalue weighted by atomic mass is 10.0. The van der Waals surface area contributed by atoms with Gasteiger partial charge < -0.3 is 14.2 Å². The highest BCUT2D eigenvalue weighted by molar-refractivity contribution is 5.64. The zero-order valence-electron chi connectivity index (χ0n) is 11.8. The molecule has 0 atom stereocenters. The molecule has 0 fully saturated rings. The second kappa shape index (κ2) is 6.65. The lowest BCUT2D eigenvalue weighted by molar-refractivity contribution is 0.124. The van der Waals surface area contributed by atoms with Crippen LogP contribution < -0.4 is 15.2 Å². The minimum Gasteiger partial charge on any atom is -0.497 e. The molecule has 5 heteroatoms. The Balaban J connectivity index is 2.33. The van der Waals surface area contributed by atoms with E-state index in [0.29, 0.717) is 11.5 Å². The van der Waals surface area contributed by atoms with Crippen LogP contribution in [-0.2, 0) is 4.74 Å². The van der Waals surface area contributed by atoms with E-state index in [2.05, 4.69) is 0 Å². The first kappa shape index (κ1) is 14.7. The second-order valence-electron chi connectivity index (χ2n) is 4.33. The second-order valence-corrected chi connectivity index (χ2v) is 4.33. The van der Waals surface area contributed by atoms with Gasteiger partial charge in [0.05, 0.1) is 14.2 Å². The lowest BCUT2D eigenvalue weighted by Gasteiger charge is -2.18. The number of nitrogens with one attached hydrogen (secondary N) is 1. The number of carbonyl (C=O) groups excluding carboxylic acids is 1. The van der Waals surface area contributed by atoms with E-state index in [9.17, 15) is 4.79 Å². The molecule has 0 unspecified atom stereocenters. The summed E-state index contributed by atoms with van der Waals surface area (Å²) < 4.78 is 15.3. The SMILES string of the molecule is COc1ccc(C(OC([NH])=O)c2ccc(OC)cc2)cc1. The van der Waals surface area contributed by atoms with Crippen LogP contribution in [0.5, 0.6) is 11.5 Å². The third-order valence-electron chi connectivity index (χ3n) is 3.06. The van der Waals surface area contributed by atoms with Gasteiger partial charge in [0.1, 0.15) is 11.5 Å². The van der Waals surface area contributed by atoms with Crippen molar-refractivity contribution in [1.29, 1.82) is 0 Å². The number of hydrogen-bond acceptors (Lipinski definition) is 4. The number of ether oxygens (including phenoxy) is 3. The maximum atomic E-state index is 11.0. The molecule has 1 amide bonds. The van der Waals surface area contributed by atoms with Crippen LogP contribution in [0, 0.1) is 0 Å². The lowest BCUT2D eigenvalue weighted by Crippen LogP contribution is -2.11. The Kier molecular flexibility index (Phi) is 4.66. The van der Waals surface area contributed by atoms with Gasteiger partial charge in [0, 0.05) is 0 Å². The Bertz CT molecular complexity index is 545. The molecule has 5 nitrogen and oxygen atoms in total. The van der Waals surface area contributed by atoms with Crippen LogP contribution in [-0.4, -0.2) is 20.3 Å². The molecule has 2 rings (SSSR count). The number of rotatable bonds is 5. The van der Waals surface area contributed by atoms with Crippen molar-refractivity contribution in [3.05, 3.63) is 59.7 Å². The van der Waals surface area contributed by atoms with Gasteiger partial charge in [0.25, 0.3) is 0 Å². The molecule has 21 heavy (non-hydrogen) atoms. The summed E-state index contributed by atoms with van der Waals surface area (Å²) in [5.41, 5.74) is 8.58. The Morgan fingerprint density at radius 2 is 1.24 bits per heavy atom. The summed E-state index contributed by atoms with van der Waals surface area (Å²) in [5.74, 6) is 1.42. The van der Waals surface area contributed by atoms with Crippen LogP contribution in [0.2, 0.25) is 0 Å². The molecule has 2 aromatic rings. The summed E-state index contributed by atoms with van der Waals surface area (Å²) in [4.78, 5) is 11.0. The zero-order chi connectivity index (χ0) is 15.2. The van der Waals surface area contributed by atoms with Crippen LogP contribution in [0.25, 0.3) is 0 Å². The summed E-state index contributed by atoms with van der Waals surface area (Å²) >= 11 is 0. The summed E-state index contributed by atoms with van der Waals surface area (Å²) in [5, 5.41) is 0. The summed E-state index contributed by atoms with van der Waals surface area (Å²) in [6.45, 7) is 0. The predicted octanol–water partition coefficient (Wildman–Crippen LogP) is 3.21. The fraction of sp³-hybridized carbons (Fsp3) is 0.188. The normalized spacial score (nSPS) is 10.2. The topological polar surface area (TPSA) is 68.6 Å². The molecule has 0 bridgehead atoms. The molecule has 1 N–H and O–H groups in total. The van der Waals surface area contributed by atoms with Gasteiger partial charge in [-0.2, -0.15) is 0 Å². The molecule has 2 aromatic carbocycles. The molecule has 109 valence electrons. The standard InChI is InChI=1S/C16H16NO4/c1-19-13-7-3-11(4-8-13)15(21-16(17)18)12-5-9-14(20-2)10-6-12/h3-10,15,17H,1-2H3. The molecule has 0 saturated carbocycles. The number of carbonyl (C=O) groups is 1. The summed E-state index contributed by atoms with van der Waals surface area (Å²) in [6.07, 6.45) is -1.71. The molecular weight excluding hydrogens is 270 g/mol. The maximum Gasteiger partial charge on any atom is 0.427 e. The van der Waals surface area contributed by atoms with E-state index in [0.717, 1.165) is 11.1 Å². The Morgan fingerprint density at radius 1 is 0.857 bits per heavy atom. The van der Waals surface area contributed by atoms with E-state index in [1.807, 2.05) is 0 Å². The van der Waals surface area contributed by atoms with Gasteiger partial charge >= 0.3 is 6.09 Å². The van der Waals surface area contributed by atoms with Gasteiger partial charge in [-0.15, -0.1) is 0 Å². The molecule has 0 spiro atoms. The molecule has 1 radical (unpaired) electrons. The Labute approximate surface area is 123 Å². The van der Waals surface area contributed by atoms with Crippen LogP contribution >= 0.6 is 0 Å². The van der Waals surface area contributed by atoms with E-state index in [1.165, 1.54) is 0 Å². The van der Waals surface area contributed by atoms with Crippen LogP contribution in [0.15, 0.2) is 48.5 Å². The van der Waals surface area contributed by atoms with Crippen molar-refractivity contribution < 1.29 is 19.0 Å². The third kappa shape index (κ3) is 3.66. The summed E-state index contributed by atoms with van der Waals surface area (Å²) in [6, 6.07) is 14.3. The van der Waals surface area contributed by atoms with E-state index in [4.69, 9.17) is 19.9 Å². The first-order valence-corrected chi connectivity index (χ1v) is 6.34. The Morgan fingerprint density at radius 3 is 1.52 bits per heavy atom. The predicted molar refractivity (Wildman–Crippen MR) is 77.4 cm³/mol. The monoisotopic (exact) mass is 286 g/mol. The highest BCUT2D eigenvalue weighted by Gasteiger charge is 2.18. The van der Waals surface area contributed by atoms with Crippen molar-refractivity contribution in [1.82, 2.24) is 5.73 Å². The number of benzene rings is 2. The van der Waals surface area contributed by atoms with E-state index in [1.54, 1.807) is 62.8 Å². The molecule has 0 saturated heterocycles. The van der Waals surface area contributed by atoms with Crippen molar-refractivity contribution in [2.45, 2.75) is 6.10 Å². The fourth-order valence-corrected chi connectivity index (χ4v) is 1.99. The zero-order valence-corrected chi connectivity index (χ0v) is 11.8. The first-order valence-electron chi connectivity index (χ1n) is 6.34. The Hall–Kier alpha value is -2.69. The number of methoxy groups -OCH3 is 2. The number of hydrogen-bond donors (Lipinski definition) is 0. The van der Waals surface area contributed by atoms with E-state index in [-0.39, 0.29) is 0 Å². The largest absolute Gasteiger partial charge is 0.497 e. The molecule has 0 aliphatic carbocycles. The minimum absolute atomic E-state index is 0.633.